The number of thiophene rings is 1. The zero-order valence-electron chi connectivity index (χ0n) is 33.0. The van der Waals surface area contributed by atoms with Crippen LogP contribution in [0.5, 0.6) is 0 Å². The molecular formula is C57H35N3S. The van der Waals surface area contributed by atoms with Crippen LogP contribution in [0.4, 0.5) is 0 Å². The summed E-state index contributed by atoms with van der Waals surface area (Å²) >= 11 is 1.86. The smallest absolute Gasteiger partial charge is 0.164 e. The van der Waals surface area contributed by atoms with Crippen molar-refractivity contribution in [3.8, 4) is 67.5 Å². The fourth-order valence-corrected chi connectivity index (χ4v) is 10.0. The Balaban J connectivity index is 0.992. The summed E-state index contributed by atoms with van der Waals surface area (Å²) in [6, 6.07) is 75.9. The first kappa shape index (κ1) is 35.2. The molecule has 0 saturated heterocycles. The number of benzene rings is 10. The van der Waals surface area contributed by atoms with E-state index in [1.165, 1.54) is 69.2 Å². The Morgan fingerprint density at radius 1 is 0.246 bits per heavy atom. The van der Waals surface area contributed by atoms with E-state index in [0.29, 0.717) is 17.5 Å². The van der Waals surface area contributed by atoms with Gasteiger partial charge in [-0.05, 0) is 96.0 Å². The third kappa shape index (κ3) is 6.16. The zero-order valence-corrected chi connectivity index (χ0v) is 33.8. The van der Waals surface area contributed by atoms with E-state index in [0.717, 1.165) is 33.4 Å². The largest absolute Gasteiger partial charge is 0.208 e. The average Bonchev–Trinajstić information content (AvgIpc) is 3.72. The fraction of sp³-hybridized carbons (Fsp3) is 0. The van der Waals surface area contributed by atoms with Crippen molar-refractivity contribution in [3.63, 3.8) is 0 Å². The normalized spacial score (nSPS) is 11.6. The number of hydrogen-bond donors (Lipinski definition) is 0. The van der Waals surface area contributed by atoms with Gasteiger partial charge in [0, 0.05) is 36.9 Å². The second-order valence-electron chi connectivity index (χ2n) is 15.5. The molecule has 0 aliphatic carbocycles. The highest BCUT2D eigenvalue weighted by molar-refractivity contribution is 7.25. The molecule has 12 aromatic rings. The Kier molecular flexibility index (Phi) is 8.36. The minimum absolute atomic E-state index is 0.634. The van der Waals surface area contributed by atoms with Crippen molar-refractivity contribution >= 4 is 63.8 Å². The Morgan fingerprint density at radius 2 is 0.705 bits per heavy atom. The van der Waals surface area contributed by atoms with Crippen LogP contribution in [0.25, 0.3) is 120 Å². The number of nitrogens with zero attached hydrogens (tertiary/aromatic N) is 3. The fourth-order valence-electron chi connectivity index (χ4n) is 8.95. The first-order valence-electron chi connectivity index (χ1n) is 20.6. The molecule has 2 aromatic heterocycles. The second kappa shape index (κ2) is 14.5. The van der Waals surface area contributed by atoms with E-state index in [4.69, 9.17) is 15.0 Å². The van der Waals surface area contributed by atoms with Gasteiger partial charge in [-0.1, -0.05) is 182 Å². The highest BCUT2D eigenvalue weighted by Crippen LogP contribution is 2.43. The van der Waals surface area contributed by atoms with E-state index < -0.39 is 0 Å². The molecule has 0 saturated carbocycles. The molecule has 3 nitrogen and oxygen atoms in total. The van der Waals surface area contributed by atoms with E-state index in [1.54, 1.807) is 0 Å². The Bertz CT molecular complexity index is 3630. The standard InChI is InChI=1S/C57H35N3S/c1-3-13-36(14-4-1)37-25-27-39(28-26-37)56-58-55(38-15-5-2-6-16-38)59-57(60-56)43-18-11-17-40(33-43)41-29-31-49-50(34-41)46-20-8-7-19-45(46)48-23-12-22-44(54(48)49)42-30-32-53-51(35-42)47-21-9-10-24-52(47)61-53/h1-35H. The number of rotatable bonds is 6. The van der Waals surface area contributed by atoms with Crippen molar-refractivity contribution in [2.45, 2.75) is 0 Å². The lowest BCUT2D eigenvalue weighted by molar-refractivity contribution is 1.07. The highest BCUT2D eigenvalue weighted by atomic mass is 32.1. The quantitative estimate of drug-likeness (QED) is 0.157. The lowest BCUT2D eigenvalue weighted by Gasteiger charge is -2.16. The monoisotopic (exact) mass is 793 g/mol. The molecular weight excluding hydrogens is 759 g/mol. The average molecular weight is 794 g/mol. The summed E-state index contributed by atoms with van der Waals surface area (Å²) in [5, 5.41) is 10.1. The maximum atomic E-state index is 5.11. The molecule has 2 heterocycles. The van der Waals surface area contributed by atoms with Crippen LogP contribution in [0, 0.1) is 0 Å². The zero-order chi connectivity index (χ0) is 40.3. The molecule has 0 unspecified atom stereocenters. The van der Waals surface area contributed by atoms with Gasteiger partial charge in [-0.25, -0.2) is 15.0 Å². The molecule has 0 spiro atoms. The van der Waals surface area contributed by atoms with E-state index >= 15 is 0 Å². The lowest BCUT2D eigenvalue weighted by atomic mass is 9.88. The first-order valence-corrected chi connectivity index (χ1v) is 21.4. The van der Waals surface area contributed by atoms with Gasteiger partial charge >= 0.3 is 0 Å². The van der Waals surface area contributed by atoms with Crippen LogP contribution in [0.15, 0.2) is 212 Å². The van der Waals surface area contributed by atoms with Gasteiger partial charge in [0.05, 0.1) is 0 Å². The SMILES string of the molecule is c1ccc(-c2ccc(-c3nc(-c4ccccc4)nc(-c4cccc(-c5ccc6c(c5)c5ccccc5c5cccc(-c7ccc8sc9ccccc9c8c7)c56)c4)n3)cc2)cc1. The molecule has 0 aliphatic heterocycles. The summed E-state index contributed by atoms with van der Waals surface area (Å²) in [5.41, 5.74) is 9.85. The maximum Gasteiger partial charge on any atom is 0.164 e. The minimum atomic E-state index is 0.634. The molecule has 0 N–H and O–H groups in total. The molecule has 0 fully saturated rings. The van der Waals surface area contributed by atoms with Gasteiger partial charge in [-0.2, -0.15) is 0 Å². The lowest BCUT2D eigenvalue weighted by Crippen LogP contribution is -2.00. The topological polar surface area (TPSA) is 38.7 Å². The summed E-state index contributed by atoms with van der Waals surface area (Å²) in [4.78, 5) is 15.2. The van der Waals surface area contributed by atoms with Crippen LogP contribution in [0.2, 0.25) is 0 Å². The number of aromatic nitrogens is 3. The van der Waals surface area contributed by atoms with Crippen LogP contribution < -0.4 is 0 Å². The number of fused-ring (bicyclic) bond motifs is 9. The van der Waals surface area contributed by atoms with E-state index in [9.17, 15) is 0 Å². The predicted octanol–water partition coefficient (Wildman–Crippen LogP) is 15.7. The van der Waals surface area contributed by atoms with Gasteiger partial charge in [0.2, 0.25) is 0 Å². The minimum Gasteiger partial charge on any atom is -0.208 e. The van der Waals surface area contributed by atoms with Crippen LogP contribution in [-0.4, -0.2) is 15.0 Å². The third-order valence-corrected chi connectivity index (χ3v) is 13.1. The van der Waals surface area contributed by atoms with Crippen molar-refractivity contribution in [3.05, 3.63) is 212 Å². The summed E-state index contributed by atoms with van der Waals surface area (Å²) in [7, 11) is 0. The van der Waals surface area contributed by atoms with E-state index in [2.05, 4.69) is 188 Å². The third-order valence-electron chi connectivity index (χ3n) is 11.9. The van der Waals surface area contributed by atoms with Crippen molar-refractivity contribution in [1.29, 1.82) is 0 Å². The first-order chi connectivity index (χ1) is 30.2. The predicted molar refractivity (Wildman–Crippen MR) is 258 cm³/mol. The Labute approximate surface area is 356 Å². The van der Waals surface area contributed by atoms with Crippen LogP contribution in [0.3, 0.4) is 0 Å². The molecule has 284 valence electrons. The van der Waals surface area contributed by atoms with Gasteiger partial charge in [0.1, 0.15) is 0 Å². The number of hydrogen-bond acceptors (Lipinski definition) is 4. The maximum absolute atomic E-state index is 5.11. The molecule has 0 aliphatic rings. The molecule has 0 bridgehead atoms. The molecule has 0 atom stereocenters. The molecule has 12 rings (SSSR count). The summed E-state index contributed by atoms with van der Waals surface area (Å²) < 4.78 is 2.64. The van der Waals surface area contributed by atoms with E-state index in [1.807, 2.05) is 35.6 Å². The molecule has 0 radical (unpaired) electrons. The molecule has 61 heavy (non-hydrogen) atoms. The van der Waals surface area contributed by atoms with Crippen molar-refractivity contribution < 1.29 is 0 Å². The highest BCUT2D eigenvalue weighted by Gasteiger charge is 2.17. The van der Waals surface area contributed by atoms with Gasteiger partial charge < -0.3 is 0 Å². The van der Waals surface area contributed by atoms with Crippen LogP contribution in [-0.2, 0) is 0 Å². The summed E-state index contributed by atoms with van der Waals surface area (Å²) in [6.45, 7) is 0. The molecule has 4 heteroatoms. The summed E-state index contributed by atoms with van der Waals surface area (Å²) in [6.07, 6.45) is 0. The van der Waals surface area contributed by atoms with Crippen LogP contribution >= 0.6 is 11.3 Å². The van der Waals surface area contributed by atoms with Gasteiger partial charge in [-0.15, -0.1) is 11.3 Å². The van der Waals surface area contributed by atoms with Crippen molar-refractivity contribution in [2.24, 2.45) is 0 Å². The molecule has 10 aromatic carbocycles. The van der Waals surface area contributed by atoms with Gasteiger partial charge in [-0.3, -0.25) is 0 Å². The van der Waals surface area contributed by atoms with Crippen LogP contribution in [0.1, 0.15) is 0 Å². The summed E-state index contributed by atoms with van der Waals surface area (Å²) in [5.74, 6) is 1.92. The van der Waals surface area contributed by atoms with Crippen molar-refractivity contribution in [1.82, 2.24) is 15.0 Å². The van der Waals surface area contributed by atoms with E-state index in [-0.39, 0.29) is 0 Å². The molecule has 0 amide bonds. The second-order valence-corrected chi connectivity index (χ2v) is 16.6. The van der Waals surface area contributed by atoms with Gasteiger partial charge in [0.15, 0.2) is 17.5 Å². The van der Waals surface area contributed by atoms with Gasteiger partial charge in [0.25, 0.3) is 0 Å². The Morgan fingerprint density at radius 3 is 1.48 bits per heavy atom. The van der Waals surface area contributed by atoms with Crippen molar-refractivity contribution in [2.75, 3.05) is 0 Å². The Hall–Kier alpha value is -7.79.